The normalized spacial score (nSPS) is 13.5. The Balaban J connectivity index is 1.85. The van der Waals surface area contributed by atoms with Crippen LogP contribution in [0.1, 0.15) is 33.3 Å². The third-order valence-corrected chi connectivity index (χ3v) is 5.09. The van der Waals surface area contributed by atoms with Gasteiger partial charge in [0.25, 0.3) is 0 Å². The first-order valence-electron chi connectivity index (χ1n) is 10.6. The van der Waals surface area contributed by atoms with Gasteiger partial charge in [-0.1, -0.05) is 57.2 Å². The summed E-state index contributed by atoms with van der Waals surface area (Å²) in [6.07, 6.45) is 7.35. The van der Waals surface area contributed by atoms with Gasteiger partial charge in [0.15, 0.2) is 0 Å². The van der Waals surface area contributed by atoms with Gasteiger partial charge in [-0.3, -0.25) is 0 Å². The Morgan fingerprint density at radius 3 is 2.09 bits per heavy atom. The number of nitriles is 2. The lowest BCUT2D eigenvalue weighted by molar-refractivity contribution is 0.223. The van der Waals surface area contributed by atoms with E-state index < -0.39 is 0 Å². The molecule has 1 heterocycles. The number of hydrogen-bond acceptors (Lipinski definition) is 4. The summed E-state index contributed by atoms with van der Waals surface area (Å²) >= 11 is 0. The van der Waals surface area contributed by atoms with Crippen molar-refractivity contribution in [2.24, 2.45) is 5.41 Å². The minimum absolute atomic E-state index is 0.0749. The number of rotatable bonds is 5. The van der Waals surface area contributed by atoms with Gasteiger partial charge >= 0.3 is 0 Å². The second kappa shape index (κ2) is 9.86. The van der Waals surface area contributed by atoms with Crippen LogP contribution in [-0.2, 0) is 4.74 Å². The third kappa shape index (κ3) is 5.36. The predicted molar refractivity (Wildman–Crippen MR) is 130 cm³/mol. The average Bonchev–Trinajstić information content (AvgIpc) is 2.80. The van der Waals surface area contributed by atoms with Crippen LogP contribution in [0.3, 0.4) is 0 Å². The standard InChI is InChI=1S/C28H27N3O/c1-5-31(24-9-7-6-8-10-24)25-14-11-21(12-15-25)13-16-26-17-22(23(19-29)20-30)18-27(32-26)28(2,3)4/h6-18H,5H2,1-4H3/b16-13+. The van der Waals surface area contributed by atoms with Crippen molar-refractivity contribution in [3.8, 4) is 12.1 Å². The van der Waals surface area contributed by atoms with Gasteiger partial charge in [0, 0.05) is 28.9 Å². The molecule has 0 radical (unpaired) electrons. The molecule has 0 bridgehead atoms. The summed E-state index contributed by atoms with van der Waals surface area (Å²) in [6.45, 7) is 9.11. The number of anilines is 2. The maximum Gasteiger partial charge on any atom is 0.137 e. The van der Waals surface area contributed by atoms with Crippen LogP contribution in [0.5, 0.6) is 0 Å². The molecule has 2 aromatic rings. The lowest BCUT2D eigenvalue weighted by Gasteiger charge is -2.26. The highest BCUT2D eigenvalue weighted by Gasteiger charge is 2.24. The van der Waals surface area contributed by atoms with Crippen LogP contribution in [0.15, 0.2) is 95.5 Å². The number of benzene rings is 2. The van der Waals surface area contributed by atoms with Crippen molar-refractivity contribution in [2.75, 3.05) is 11.4 Å². The summed E-state index contributed by atoms with van der Waals surface area (Å²) in [7, 11) is 0. The summed E-state index contributed by atoms with van der Waals surface area (Å²) in [6, 6.07) is 22.6. The van der Waals surface area contributed by atoms with E-state index in [9.17, 15) is 10.5 Å². The van der Waals surface area contributed by atoms with Crippen LogP contribution in [0.25, 0.3) is 6.08 Å². The molecule has 1 aliphatic rings. The summed E-state index contributed by atoms with van der Waals surface area (Å²) in [5.74, 6) is 1.31. The van der Waals surface area contributed by atoms with Crippen molar-refractivity contribution in [3.05, 3.63) is 101 Å². The molecule has 3 rings (SSSR count). The van der Waals surface area contributed by atoms with Crippen molar-refractivity contribution in [2.45, 2.75) is 27.7 Å². The Labute approximate surface area is 190 Å². The Morgan fingerprint density at radius 2 is 1.53 bits per heavy atom. The monoisotopic (exact) mass is 421 g/mol. The second-order valence-electron chi connectivity index (χ2n) is 8.47. The van der Waals surface area contributed by atoms with Crippen molar-refractivity contribution < 1.29 is 4.74 Å². The van der Waals surface area contributed by atoms with Gasteiger partial charge in [-0.05, 0) is 55.0 Å². The molecule has 4 nitrogen and oxygen atoms in total. The minimum atomic E-state index is -0.253. The smallest absolute Gasteiger partial charge is 0.137 e. The van der Waals surface area contributed by atoms with Crippen LogP contribution in [0.2, 0.25) is 0 Å². The first-order valence-corrected chi connectivity index (χ1v) is 10.6. The summed E-state index contributed by atoms with van der Waals surface area (Å²) in [5.41, 5.74) is 3.71. The molecule has 4 heteroatoms. The number of allylic oxidation sites excluding steroid dienone is 6. The fourth-order valence-electron chi connectivity index (χ4n) is 3.34. The van der Waals surface area contributed by atoms with E-state index in [1.807, 2.05) is 63.3 Å². The molecule has 0 atom stereocenters. The van der Waals surface area contributed by atoms with Crippen LogP contribution in [0.4, 0.5) is 11.4 Å². The van der Waals surface area contributed by atoms with E-state index in [1.54, 1.807) is 12.2 Å². The zero-order valence-corrected chi connectivity index (χ0v) is 19.0. The molecule has 0 N–H and O–H groups in total. The van der Waals surface area contributed by atoms with Crippen molar-refractivity contribution >= 4 is 17.5 Å². The van der Waals surface area contributed by atoms with Gasteiger partial charge in [-0.2, -0.15) is 10.5 Å². The van der Waals surface area contributed by atoms with Crippen LogP contribution in [-0.4, -0.2) is 6.54 Å². The molecule has 0 fully saturated rings. The molecule has 0 saturated heterocycles. The SMILES string of the molecule is CCN(c1ccccc1)c1ccc(/C=C/C2=CC(=C(C#N)C#N)C=C(C(C)(C)C)O2)cc1. The fraction of sp³-hybridized carbons (Fsp3) is 0.214. The molecule has 2 aromatic carbocycles. The van der Waals surface area contributed by atoms with Gasteiger partial charge in [0.2, 0.25) is 0 Å². The molecule has 0 aromatic heterocycles. The Morgan fingerprint density at radius 1 is 0.906 bits per heavy atom. The molecule has 32 heavy (non-hydrogen) atoms. The Kier molecular flexibility index (Phi) is 6.98. The molecular weight excluding hydrogens is 394 g/mol. The molecule has 0 spiro atoms. The summed E-state index contributed by atoms with van der Waals surface area (Å²) < 4.78 is 6.05. The number of para-hydroxylation sites is 1. The summed E-state index contributed by atoms with van der Waals surface area (Å²) in [4.78, 5) is 2.25. The molecule has 160 valence electrons. The van der Waals surface area contributed by atoms with E-state index in [2.05, 4.69) is 48.2 Å². The van der Waals surface area contributed by atoms with Gasteiger partial charge in [0.05, 0.1) is 0 Å². The number of hydrogen-bond donors (Lipinski definition) is 0. The second-order valence-corrected chi connectivity index (χ2v) is 8.47. The topological polar surface area (TPSA) is 60.0 Å². The average molecular weight is 422 g/mol. The highest BCUT2D eigenvalue weighted by atomic mass is 16.5. The predicted octanol–water partition coefficient (Wildman–Crippen LogP) is 7.05. The molecule has 1 aliphatic heterocycles. The molecule has 0 aliphatic carbocycles. The van der Waals surface area contributed by atoms with Gasteiger partial charge in [-0.15, -0.1) is 0 Å². The third-order valence-electron chi connectivity index (χ3n) is 5.09. The lowest BCUT2D eigenvalue weighted by Crippen LogP contribution is -2.15. The van der Waals surface area contributed by atoms with Crippen molar-refractivity contribution in [1.29, 1.82) is 10.5 Å². The zero-order valence-electron chi connectivity index (χ0n) is 19.0. The number of ether oxygens (including phenoxy) is 1. The van der Waals surface area contributed by atoms with E-state index >= 15 is 0 Å². The van der Waals surface area contributed by atoms with Crippen LogP contribution < -0.4 is 4.90 Å². The quantitative estimate of drug-likeness (QED) is 0.486. The zero-order chi connectivity index (χ0) is 23.1. The van der Waals surface area contributed by atoms with Crippen LogP contribution in [0, 0.1) is 28.1 Å². The van der Waals surface area contributed by atoms with E-state index in [0.29, 0.717) is 11.3 Å². The highest BCUT2D eigenvalue weighted by Crippen LogP contribution is 2.34. The van der Waals surface area contributed by atoms with Crippen molar-refractivity contribution in [3.63, 3.8) is 0 Å². The van der Waals surface area contributed by atoms with Crippen molar-refractivity contribution in [1.82, 2.24) is 0 Å². The maximum absolute atomic E-state index is 9.28. The van der Waals surface area contributed by atoms with E-state index in [-0.39, 0.29) is 11.0 Å². The largest absolute Gasteiger partial charge is 0.461 e. The van der Waals surface area contributed by atoms with Gasteiger partial charge in [-0.25, -0.2) is 0 Å². The van der Waals surface area contributed by atoms with E-state index in [4.69, 9.17) is 4.74 Å². The Bertz CT molecular complexity index is 1150. The van der Waals surface area contributed by atoms with E-state index in [0.717, 1.165) is 29.2 Å². The lowest BCUT2D eigenvalue weighted by atomic mass is 9.90. The highest BCUT2D eigenvalue weighted by molar-refractivity contribution is 5.65. The Hall–Kier alpha value is -4.02. The molecular formula is C28H27N3O. The first-order chi connectivity index (χ1) is 15.4. The number of nitrogens with zero attached hydrogens (tertiary/aromatic N) is 3. The van der Waals surface area contributed by atoms with Crippen LogP contribution >= 0.6 is 0 Å². The molecule has 0 unspecified atom stereocenters. The maximum atomic E-state index is 9.28. The fourth-order valence-corrected chi connectivity index (χ4v) is 3.34. The molecule has 0 saturated carbocycles. The summed E-state index contributed by atoms with van der Waals surface area (Å²) in [5, 5.41) is 18.6. The van der Waals surface area contributed by atoms with Gasteiger partial charge in [0.1, 0.15) is 29.2 Å². The molecule has 0 amide bonds. The van der Waals surface area contributed by atoms with E-state index in [1.165, 1.54) is 0 Å². The first kappa shape index (κ1) is 22.7. The minimum Gasteiger partial charge on any atom is -0.461 e. The van der Waals surface area contributed by atoms with Gasteiger partial charge < -0.3 is 9.64 Å².